The fourth-order valence-electron chi connectivity index (χ4n) is 5.67. The van der Waals surface area contributed by atoms with Gasteiger partial charge in [0.2, 0.25) is 6.43 Å². The van der Waals surface area contributed by atoms with Crippen molar-refractivity contribution >= 4 is 22.7 Å². The molecule has 1 aliphatic carbocycles. The van der Waals surface area contributed by atoms with Gasteiger partial charge in [0.1, 0.15) is 0 Å². The summed E-state index contributed by atoms with van der Waals surface area (Å²) in [5, 5.41) is 0.810. The van der Waals surface area contributed by atoms with Crippen LogP contribution < -0.4 is 0 Å². The van der Waals surface area contributed by atoms with Crippen LogP contribution in [0.5, 0.6) is 0 Å². The fraction of sp³-hybridized carbons (Fsp3) is 0.355. The van der Waals surface area contributed by atoms with Gasteiger partial charge in [-0.1, -0.05) is 72.3 Å². The lowest BCUT2D eigenvalue weighted by atomic mass is 9.85. The molecule has 0 N–H and O–H groups in total. The molecule has 1 nitrogen and oxygen atoms in total. The molecule has 35 heavy (non-hydrogen) atoms. The number of rotatable bonds is 7. The minimum atomic E-state index is -2.20. The standard InChI is InChI=1S/C31H32ClF2N/c1-21-26(9-5-11-29(21)32)28-10-4-7-24-6-2-3-8-27(24)31(28)25-14-12-22(13-15-25)18-23-19-35(20-23)17-16-30(33)34/h2-3,5-6,8-9,11-15,23,30H,4,7,10,16-20H2,1H3. The van der Waals surface area contributed by atoms with Crippen LogP contribution in [0.25, 0.3) is 11.1 Å². The second-order valence-corrected chi connectivity index (χ2v) is 10.4. The van der Waals surface area contributed by atoms with E-state index >= 15 is 0 Å². The molecule has 0 amide bonds. The number of hydrogen-bond donors (Lipinski definition) is 0. The number of fused-ring (bicyclic) bond motifs is 1. The molecule has 0 radical (unpaired) electrons. The zero-order chi connectivity index (χ0) is 24.4. The van der Waals surface area contributed by atoms with E-state index in [1.54, 1.807) is 0 Å². The molecule has 0 unspecified atom stereocenters. The number of allylic oxidation sites excluding steroid dienone is 1. The van der Waals surface area contributed by atoms with Crippen LogP contribution in [-0.2, 0) is 12.8 Å². The van der Waals surface area contributed by atoms with E-state index in [0.29, 0.717) is 12.5 Å². The Labute approximate surface area is 212 Å². The lowest BCUT2D eigenvalue weighted by Gasteiger charge is -2.39. The van der Waals surface area contributed by atoms with Crippen LogP contribution in [0.4, 0.5) is 8.78 Å². The highest BCUT2D eigenvalue weighted by Crippen LogP contribution is 2.41. The van der Waals surface area contributed by atoms with Crippen molar-refractivity contribution in [2.75, 3.05) is 19.6 Å². The number of hydrogen-bond acceptors (Lipinski definition) is 1. The van der Waals surface area contributed by atoms with E-state index in [2.05, 4.69) is 72.5 Å². The van der Waals surface area contributed by atoms with Crippen molar-refractivity contribution < 1.29 is 8.78 Å². The number of aryl methyl sites for hydroxylation is 1. The van der Waals surface area contributed by atoms with Crippen LogP contribution in [0.2, 0.25) is 5.02 Å². The summed E-state index contributed by atoms with van der Waals surface area (Å²) in [7, 11) is 0. The largest absolute Gasteiger partial charge is 0.302 e. The van der Waals surface area contributed by atoms with E-state index in [9.17, 15) is 8.78 Å². The fourth-order valence-corrected chi connectivity index (χ4v) is 5.84. The van der Waals surface area contributed by atoms with Crippen molar-refractivity contribution in [3.8, 4) is 0 Å². The average molecular weight is 492 g/mol. The highest BCUT2D eigenvalue weighted by molar-refractivity contribution is 6.31. The molecule has 2 aliphatic rings. The van der Waals surface area contributed by atoms with E-state index in [0.717, 1.165) is 49.4 Å². The lowest BCUT2D eigenvalue weighted by Crippen LogP contribution is -2.48. The Balaban J connectivity index is 1.44. The maximum Gasteiger partial charge on any atom is 0.239 e. The molecule has 1 saturated heterocycles. The number of nitrogens with zero attached hydrogens (tertiary/aromatic N) is 1. The Kier molecular flexibility index (Phi) is 7.36. The van der Waals surface area contributed by atoms with Gasteiger partial charge in [-0.25, -0.2) is 8.78 Å². The van der Waals surface area contributed by atoms with Crippen molar-refractivity contribution in [2.45, 2.75) is 45.5 Å². The number of benzene rings is 3. The highest BCUT2D eigenvalue weighted by Gasteiger charge is 2.27. The molecule has 1 fully saturated rings. The first kappa shape index (κ1) is 24.2. The molecule has 3 aromatic rings. The van der Waals surface area contributed by atoms with Gasteiger partial charge in [-0.05, 0) is 89.1 Å². The van der Waals surface area contributed by atoms with Crippen LogP contribution in [0.15, 0.2) is 66.7 Å². The number of likely N-dealkylation sites (tertiary alicyclic amines) is 1. The zero-order valence-corrected chi connectivity index (χ0v) is 21.0. The predicted molar refractivity (Wildman–Crippen MR) is 142 cm³/mol. The van der Waals surface area contributed by atoms with Crippen molar-refractivity contribution in [3.63, 3.8) is 0 Å². The molecule has 0 atom stereocenters. The minimum Gasteiger partial charge on any atom is -0.302 e. The van der Waals surface area contributed by atoms with E-state index < -0.39 is 6.43 Å². The Morgan fingerprint density at radius 1 is 0.914 bits per heavy atom. The number of alkyl halides is 2. The monoisotopic (exact) mass is 491 g/mol. The minimum absolute atomic E-state index is 0.0214. The Bertz CT molecular complexity index is 1210. The predicted octanol–water partition coefficient (Wildman–Crippen LogP) is 8.07. The molecule has 0 spiro atoms. The van der Waals surface area contributed by atoms with Gasteiger partial charge in [-0.15, -0.1) is 0 Å². The van der Waals surface area contributed by atoms with Crippen LogP contribution in [-0.4, -0.2) is 31.0 Å². The number of halogens is 3. The highest BCUT2D eigenvalue weighted by atomic mass is 35.5. The van der Waals surface area contributed by atoms with Gasteiger partial charge in [0.05, 0.1) is 0 Å². The molecule has 1 aliphatic heterocycles. The van der Waals surface area contributed by atoms with Crippen LogP contribution in [0.1, 0.15) is 52.6 Å². The third kappa shape index (κ3) is 5.37. The summed E-state index contributed by atoms with van der Waals surface area (Å²) < 4.78 is 24.9. The first-order valence-corrected chi connectivity index (χ1v) is 13.0. The Hall–Kier alpha value is -2.49. The molecule has 0 saturated carbocycles. The molecule has 182 valence electrons. The Morgan fingerprint density at radius 3 is 2.43 bits per heavy atom. The zero-order valence-electron chi connectivity index (χ0n) is 20.2. The van der Waals surface area contributed by atoms with Crippen LogP contribution >= 0.6 is 11.6 Å². The lowest BCUT2D eigenvalue weighted by molar-refractivity contribution is 0.0626. The maximum absolute atomic E-state index is 12.4. The van der Waals surface area contributed by atoms with Gasteiger partial charge in [-0.2, -0.15) is 0 Å². The quantitative estimate of drug-likeness (QED) is 0.323. The summed E-state index contributed by atoms with van der Waals surface area (Å²) in [6.45, 7) is 4.47. The summed E-state index contributed by atoms with van der Waals surface area (Å²) in [5.74, 6) is 0.556. The van der Waals surface area contributed by atoms with Crippen molar-refractivity contribution in [3.05, 3.63) is 105 Å². The first-order chi connectivity index (χ1) is 17.0. The summed E-state index contributed by atoms with van der Waals surface area (Å²) in [6.07, 6.45) is 1.98. The second-order valence-electron chi connectivity index (χ2n) is 9.98. The van der Waals surface area contributed by atoms with Gasteiger partial charge in [0, 0.05) is 31.1 Å². The van der Waals surface area contributed by atoms with E-state index in [1.165, 1.54) is 39.0 Å². The smallest absolute Gasteiger partial charge is 0.239 e. The molecule has 0 aromatic heterocycles. The molecule has 0 bridgehead atoms. The maximum atomic E-state index is 12.4. The first-order valence-electron chi connectivity index (χ1n) is 12.7. The van der Waals surface area contributed by atoms with Crippen molar-refractivity contribution in [1.29, 1.82) is 0 Å². The summed E-state index contributed by atoms with van der Waals surface area (Å²) in [4.78, 5) is 2.14. The summed E-state index contributed by atoms with van der Waals surface area (Å²) in [6, 6.07) is 24.0. The second kappa shape index (κ2) is 10.6. The van der Waals surface area contributed by atoms with Gasteiger partial charge in [0.25, 0.3) is 0 Å². The topological polar surface area (TPSA) is 3.24 Å². The summed E-state index contributed by atoms with van der Waals surface area (Å²) in [5.41, 5.74) is 10.3. The van der Waals surface area contributed by atoms with Gasteiger partial charge in [0.15, 0.2) is 0 Å². The third-order valence-corrected chi connectivity index (χ3v) is 7.93. The van der Waals surface area contributed by atoms with Gasteiger partial charge >= 0.3 is 0 Å². The normalized spacial score (nSPS) is 16.8. The van der Waals surface area contributed by atoms with Gasteiger partial charge in [-0.3, -0.25) is 0 Å². The molecular formula is C31H32ClF2N. The van der Waals surface area contributed by atoms with Gasteiger partial charge < -0.3 is 4.90 Å². The third-order valence-electron chi connectivity index (χ3n) is 7.52. The van der Waals surface area contributed by atoms with Crippen molar-refractivity contribution in [1.82, 2.24) is 4.90 Å². The molecule has 5 rings (SSSR count). The van der Waals surface area contributed by atoms with Crippen molar-refractivity contribution in [2.24, 2.45) is 5.92 Å². The van der Waals surface area contributed by atoms with E-state index in [-0.39, 0.29) is 6.42 Å². The molecule has 4 heteroatoms. The SMILES string of the molecule is Cc1c(Cl)cccc1C1=C(c2ccc(CC3CN(CCC(F)F)C3)cc2)c2ccccc2CCC1. The molecule has 1 heterocycles. The van der Waals surface area contributed by atoms with Crippen LogP contribution in [0, 0.1) is 12.8 Å². The molecular weight excluding hydrogens is 460 g/mol. The van der Waals surface area contributed by atoms with E-state index in [4.69, 9.17) is 11.6 Å². The van der Waals surface area contributed by atoms with E-state index in [1.807, 2.05) is 6.07 Å². The van der Waals surface area contributed by atoms with Crippen LogP contribution in [0.3, 0.4) is 0 Å². The summed E-state index contributed by atoms with van der Waals surface area (Å²) >= 11 is 6.54. The average Bonchev–Trinajstić information content (AvgIpc) is 3.02. The molecule has 3 aromatic carbocycles. The Morgan fingerprint density at radius 2 is 1.66 bits per heavy atom.